The van der Waals surface area contributed by atoms with Crippen molar-refractivity contribution in [2.75, 3.05) is 30.5 Å². The van der Waals surface area contributed by atoms with Crippen LogP contribution in [0.1, 0.15) is 6.42 Å². The molecule has 0 spiro atoms. The van der Waals surface area contributed by atoms with Crippen LogP contribution in [0, 0.1) is 0 Å². The molecule has 0 aromatic heterocycles. The summed E-state index contributed by atoms with van der Waals surface area (Å²) in [5.41, 5.74) is 0.294. The number of halogens is 1. The second kappa shape index (κ2) is 8.74. The molecular weight excluding hydrogens is 362 g/mol. The van der Waals surface area contributed by atoms with Gasteiger partial charge in [0.05, 0.1) is 17.7 Å². The van der Waals surface area contributed by atoms with Crippen LogP contribution in [0.3, 0.4) is 0 Å². The Bertz CT molecular complexity index is 649. The summed E-state index contributed by atoms with van der Waals surface area (Å²) in [6, 6.07) is 4.22. The Labute approximate surface area is 146 Å². The molecule has 130 valence electrons. The second-order valence-electron chi connectivity index (χ2n) is 4.89. The van der Waals surface area contributed by atoms with E-state index in [4.69, 9.17) is 9.88 Å². The highest BCUT2D eigenvalue weighted by Gasteiger charge is 2.19. The number of ether oxygens (including phenoxy) is 1. The summed E-state index contributed by atoms with van der Waals surface area (Å²) >= 11 is 1.80. The van der Waals surface area contributed by atoms with Gasteiger partial charge in [0.1, 0.15) is 5.75 Å². The SMILES string of the molecule is COc1ccc(S(N)(=O)=O)cc1NC(=O)CC1CSCCN1.Cl. The van der Waals surface area contributed by atoms with Crippen LogP contribution in [0.25, 0.3) is 0 Å². The Kier molecular flexibility index (Phi) is 7.62. The highest BCUT2D eigenvalue weighted by atomic mass is 35.5. The van der Waals surface area contributed by atoms with Crippen molar-refractivity contribution in [3.63, 3.8) is 0 Å². The van der Waals surface area contributed by atoms with Crippen molar-refractivity contribution in [3.05, 3.63) is 18.2 Å². The minimum atomic E-state index is -3.84. The van der Waals surface area contributed by atoms with E-state index in [-0.39, 0.29) is 29.3 Å². The molecule has 1 unspecified atom stereocenters. The Morgan fingerprint density at radius 3 is 2.83 bits per heavy atom. The van der Waals surface area contributed by atoms with Gasteiger partial charge >= 0.3 is 0 Å². The molecule has 1 aromatic carbocycles. The topological polar surface area (TPSA) is 111 Å². The molecule has 7 nitrogen and oxygen atoms in total. The van der Waals surface area contributed by atoms with Crippen molar-refractivity contribution in [2.24, 2.45) is 5.14 Å². The van der Waals surface area contributed by atoms with Gasteiger partial charge in [0.2, 0.25) is 15.9 Å². The highest BCUT2D eigenvalue weighted by molar-refractivity contribution is 7.99. The quantitative estimate of drug-likeness (QED) is 0.695. The number of hydrogen-bond acceptors (Lipinski definition) is 6. The molecule has 1 saturated heterocycles. The average Bonchev–Trinajstić information content (AvgIpc) is 2.47. The molecule has 2 rings (SSSR count). The normalized spacial score (nSPS) is 17.9. The summed E-state index contributed by atoms with van der Waals surface area (Å²) < 4.78 is 27.9. The fourth-order valence-electron chi connectivity index (χ4n) is 2.14. The molecule has 1 aliphatic heterocycles. The number of rotatable bonds is 5. The van der Waals surface area contributed by atoms with E-state index in [1.807, 2.05) is 0 Å². The number of methoxy groups -OCH3 is 1. The summed E-state index contributed by atoms with van der Waals surface area (Å²) in [6.07, 6.45) is 0.315. The molecule has 0 bridgehead atoms. The summed E-state index contributed by atoms with van der Waals surface area (Å²) in [7, 11) is -2.39. The Morgan fingerprint density at radius 2 is 2.26 bits per heavy atom. The van der Waals surface area contributed by atoms with Crippen molar-refractivity contribution >= 4 is 45.8 Å². The molecule has 0 saturated carbocycles. The lowest BCUT2D eigenvalue weighted by molar-refractivity contribution is -0.116. The number of primary sulfonamides is 1. The van der Waals surface area contributed by atoms with Gasteiger partial charge in [-0.3, -0.25) is 4.79 Å². The molecule has 1 atom stereocenters. The number of sulfonamides is 1. The van der Waals surface area contributed by atoms with E-state index in [1.165, 1.54) is 25.3 Å². The Morgan fingerprint density at radius 1 is 1.52 bits per heavy atom. The highest BCUT2D eigenvalue weighted by Crippen LogP contribution is 2.27. The van der Waals surface area contributed by atoms with E-state index in [0.717, 1.165) is 18.1 Å². The van der Waals surface area contributed by atoms with Crippen LogP contribution in [0.2, 0.25) is 0 Å². The molecule has 1 fully saturated rings. The van der Waals surface area contributed by atoms with Gasteiger partial charge in [-0.2, -0.15) is 11.8 Å². The molecule has 23 heavy (non-hydrogen) atoms. The van der Waals surface area contributed by atoms with E-state index < -0.39 is 10.0 Å². The van der Waals surface area contributed by atoms with Gasteiger partial charge in [-0.05, 0) is 18.2 Å². The van der Waals surface area contributed by atoms with Crippen molar-refractivity contribution in [2.45, 2.75) is 17.4 Å². The van der Waals surface area contributed by atoms with Gasteiger partial charge in [0.25, 0.3) is 0 Å². The van der Waals surface area contributed by atoms with Gasteiger partial charge in [0, 0.05) is 30.5 Å². The van der Waals surface area contributed by atoms with Crippen LogP contribution in [-0.2, 0) is 14.8 Å². The Hall–Kier alpha value is -1.00. The van der Waals surface area contributed by atoms with Gasteiger partial charge in [-0.25, -0.2) is 13.6 Å². The van der Waals surface area contributed by atoms with Crippen LogP contribution < -0.4 is 20.5 Å². The fourth-order valence-corrected chi connectivity index (χ4v) is 3.63. The number of hydrogen-bond donors (Lipinski definition) is 3. The van der Waals surface area contributed by atoms with Crippen molar-refractivity contribution in [3.8, 4) is 5.75 Å². The van der Waals surface area contributed by atoms with E-state index in [2.05, 4.69) is 10.6 Å². The van der Waals surface area contributed by atoms with E-state index in [9.17, 15) is 13.2 Å². The molecule has 1 heterocycles. The van der Waals surface area contributed by atoms with Crippen LogP contribution in [-0.4, -0.2) is 45.5 Å². The number of nitrogens with two attached hydrogens (primary N) is 1. The molecule has 1 aliphatic rings. The first-order valence-electron chi connectivity index (χ1n) is 6.72. The zero-order chi connectivity index (χ0) is 16.2. The monoisotopic (exact) mass is 381 g/mol. The fraction of sp³-hybridized carbons (Fsp3) is 0.462. The van der Waals surface area contributed by atoms with Crippen molar-refractivity contribution in [1.29, 1.82) is 0 Å². The predicted octanol–water partition coefficient (Wildman–Crippen LogP) is 0.798. The lowest BCUT2D eigenvalue weighted by Gasteiger charge is -2.22. The summed E-state index contributed by atoms with van der Waals surface area (Å²) in [5, 5.41) is 11.1. The standard InChI is InChI=1S/C13H19N3O4S2.ClH/c1-20-12-3-2-10(22(14,18)19)7-11(12)16-13(17)6-9-8-21-5-4-15-9;/h2-3,7,9,15H,4-6,8H2,1H3,(H,16,17)(H2,14,18,19);1H. The first kappa shape index (κ1) is 20.0. The Balaban J connectivity index is 0.00000264. The summed E-state index contributed by atoms with van der Waals surface area (Å²) in [6.45, 7) is 0.882. The maximum Gasteiger partial charge on any atom is 0.238 e. The number of carbonyl (C=O) groups is 1. The van der Waals surface area contributed by atoms with Crippen molar-refractivity contribution < 1.29 is 17.9 Å². The van der Waals surface area contributed by atoms with Gasteiger partial charge in [-0.15, -0.1) is 12.4 Å². The third-order valence-corrected chi connectivity index (χ3v) is 5.25. The number of amides is 1. The van der Waals surface area contributed by atoms with E-state index >= 15 is 0 Å². The number of benzene rings is 1. The number of anilines is 1. The molecule has 4 N–H and O–H groups in total. The summed E-state index contributed by atoms with van der Waals surface area (Å²) in [5.74, 6) is 2.10. The predicted molar refractivity (Wildman–Crippen MR) is 94.0 cm³/mol. The number of carbonyl (C=O) groups excluding carboxylic acids is 1. The second-order valence-corrected chi connectivity index (χ2v) is 7.60. The molecule has 0 aliphatic carbocycles. The lowest BCUT2D eigenvalue weighted by Crippen LogP contribution is -2.39. The summed E-state index contributed by atoms with van der Waals surface area (Å²) in [4.78, 5) is 12.0. The number of nitrogens with one attached hydrogen (secondary N) is 2. The maximum absolute atomic E-state index is 12.1. The molecule has 1 aromatic rings. The minimum absolute atomic E-state index is 0. The number of thioether (sulfide) groups is 1. The van der Waals surface area contributed by atoms with Gasteiger partial charge in [-0.1, -0.05) is 0 Å². The largest absolute Gasteiger partial charge is 0.495 e. The first-order chi connectivity index (χ1) is 10.4. The average molecular weight is 382 g/mol. The van der Waals surface area contributed by atoms with Crippen LogP contribution in [0.4, 0.5) is 5.69 Å². The first-order valence-corrected chi connectivity index (χ1v) is 9.42. The maximum atomic E-state index is 12.1. The molecular formula is C13H20ClN3O4S2. The van der Waals surface area contributed by atoms with Crippen LogP contribution in [0.15, 0.2) is 23.1 Å². The third kappa shape index (κ3) is 5.85. The van der Waals surface area contributed by atoms with Gasteiger partial charge < -0.3 is 15.4 Å². The van der Waals surface area contributed by atoms with Crippen LogP contribution >= 0.6 is 24.2 Å². The zero-order valence-electron chi connectivity index (χ0n) is 12.6. The molecule has 0 radical (unpaired) electrons. The molecule has 10 heteroatoms. The molecule has 1 amide bonds. The van der Waals surface area contributed by atoms with Crippen molar-refractivity contribution in [1.82, 2.24) is 5.32 Å². The third-order valence-electron chi connectivity index (χ3n) is 3.20. The van der Waals surface area contributed by atoms with Gasteiger partial charge in [0.15, 0.2) is 0 Å². The van der Waals surface area contributed by atoms with E-state index in [0.29, 0.717) is 17.9 Å². The zero-order valence-corrected chi connectivity index (χ0v) is 15.0. The van der Waals surface area contributed by atoms with E-state index in [1.54, 1.807) is 11.8 Å². The lowest BCUT2D eigenvalue weighted by atomic mass is 10.2. The minimum Gasteiger partial charge on any atom is -0.495 e. The van der Waals surface area contributed by atoms with Crippen LogP contribution in [0.5, 0.6) is 5.75 Å². The smallest absolute Gasteiger partial charge is 0.238 e.